The van der Waals surface area contributed by atoms with E-state index in [9.17, 15) is 14.7 Å². The minimum absolute atomic E-state index is 0.377. The number of nitrogens with one attached hydrogen (secondary N) is 1. The summed E-state index contributed by atoms with van der Waals surface area (Å²) in [6.07, 6.45) is 0.814. The molecule has 0 aliphatic heterocycles. The average molecular weight is 294 g/mol. The van der Waals surface area contributed by atoms with Gasteiger partial charge in [0.25, 0.3) is 5.91 Å². The lowest BCUT2D eigenvalue weighted by molar-refractivity contribution is -0.243. The fourth-order valence-electron chi connectivity index (χ4n) is 1.82. The van der Waals surface area contributed by atoms with Crippen LogP contribution in [-0.2, 0) is 9.59 Å². The van der Waals surface area contributed by atoms with Crippen LogP contribution in [0, 0.1) is 13.8 Å². The maximum Gasteiger partial charge on any atom is 0.296 e. The maximum absolute atomic E-state index is 11.9. The van der Waals surface area contributed by atoms with Crippen molar-refractivity contribution in [3.05, 3.63) is 71.3 Å². The Hall–Kier alpha value is -2.88. The molecule has 0 radical (unpaired) electrons. The van der Waals surface area contributed by atoms with E-state index in [1.165, 1.54) is 0 Å². The minimum atomic E-state index is -0.869. The summed E-state index contributed by atoms with van der Waals surface area (Å²) in [6.45, 7) is 3.82. The summed E-state index contributed by atoms with van der Waals surface area (Å²) < 4.78 is 0. The molecule has 0 spiro atoms. The monoisotopic (exact) mass is 294 g/mol. The fraction of sp³-hybridized carbons (Fsp3) is 0.111. The van der Waals surface area contributed by atoms with E-state index in [1.807, 2.05) is 26.0 Å². The van der Waals surface area contributed by atoms with E-state index < -0.39 is 17.4 Å². The number of rotatable bonds is 4. The molecule has 2 aromatic rings. The van der Waals surface area contributed by atoms with Crippen molar-refractivity contribution in [2.75, 3.05) is 5.32 Å². The molecule has 0 heterocycles. The van der Waals surface area contributed by atoms with Gasteiger partial charge in [-0.05, 0) is 37.6 Å². The molecule has 0 aliphatic rings. The van der Waals surface area contributed by atoms with Gasteiger partial charge in [-0.2, -0.15) is 0 Å². The summed E-state index contributed by atoms with van der Waals surface area (Å²) in [5, 5.41) is 14.4. The van der Waals surface area contributed by atoms with Crippen molar-refractivity contribution in [1.29, 1.82) is 0 Å². The summed E-state index contributed by atoms with van der Waals surface area (Å²) in [5.74, 6) is -2.18. The topological polar surface area (TPSA) is 69.2 Å². The van der Waals surface area contributed by atoms with Gasteiger partial charge < -0.3 is 10.4 Å². The third-order valence-corrected chi connectivity index (χ3v) is 3.13. The number of amides is 1. The molecule has 0 atom stereocenters. The van der Waals surface area contributed by atoms with Gasteiger partial charge in [0.15, 0.2) is 0 Å². The molecule has 0 saturated heterocycles. The van der Waals surface area contributed by atoms with Gasteiger partial charge in [-0.25, -0.2) is 0 Å². The zero-order valence-corrected chi connectivity index (χ0v) is 12.4. The molecule has 1 N–H and O–H groups in total. The third kappa shape index (κ3) is 4.06. The van der Waals surface area contributed by atoms with Gasteiger partial charge in [0.2, 0.25) is 5.78 Å². The van der Waals surface area contributed by atoms with Crippen LogP contribution in [0.5, 0.6) is 0 Å². The molecule has 0 aromatic heterocycles. The molecule has 2 aromatic carbocycles. The van der Waals surface area contributed by atoms with E-state index in [4.69, 9.17) is 0 Å². The lowest BCUT2D eigenvalue weighted by atomic mass is 10.1. The zero-order chi connectivity index (χ0) is 16.1. The highest BCUT2D eigenvalue weighted by atomic mass is 16.3. The van der Waals surface area contributed by atoms with E-state index in [1.54, 1.807) is 36.4 Å². The molecule has 0 bridgehead atoms. The zero-order valence-electron chi connectivity index (χ0n) is 12.4. The van der Waals surface area contributed by atoms with Crippen LogP contribution in [0.25, 0.3) is 5.76 Å². The first-order valence-corrected chi connectivity index (χ1v) is 6.83. The van der Waals surface area contributed by atoms with Crippen LogP contribution in [0.3, 0.4) is 0 Å². The SMILES string of the molecule is Cc1ccc(NC(=O)C(=O)/C=C(\[O-])c2ccc(C)cc2)cc1. The summed E-state index contributed by atoms with van der Waals surface area (Å²) in [6, 6.07) is 13.8. The van der Waals surface area contributed by atoms with Gasteiger partial charge in [0, 0.05) is 5.69 Å². The number of ketones is 1. The Kier molecular flexibility index (Phi) is 4.73. The van der Waals surface area contributed by atoms with Crippen LogP contribution < -0.4 is 10.4 Å². The number of hydrogen-bond acceptors (Lipinski definition) is 3. The maximum atomic E-state index is 11.9. The Balaban J connectivity index is 2.07. The Labute approximate surface area is 129 Å². The van der Waals surface area contributed by atoms with Crippen molar-refractivity contribution in [3.63, 3.8) is 0 Å². The van der Waals surface area contributed by atoms with Crippen molar-refractivity contribution in [1.82, 2.24) is 0 Å². The number of benzene rings is 2. The van der Waals surface area contributed by atoms with Gasteiger partial charge in [-0.15, -0.1) is 0 Å². The molecule has 22 heavy (non-hydrogen) atoms. The van der Waals surface area contributed by atoms with E-state index in [0.29, 0.717) is 11.3 Å². The molecule has 4 nitrogen and oxygen atoms in total. The summed E-state index contributed by atoms with van der Waals surface area (Å²) in [4.78, 5) is 23.6. The summed E-state index contributed by atoms with van der Waals surface area (Å²) in [5.41, 5.74) is 2.95. The van der Waals surface area contributed by atoms with Crippen molar-refractivity contribution in [2.45, 2.75) is 13.8 Å². The number of aryl methyl sites for hydroxylation is 2. The smallest absolute Gasteiger partial charge is 0.296 e. The predicted molar refractivity (Wildman–Crippen MR) is 84.0 cm³/mol. The normalized spacial score (nSPS) is 11.1. The Bertz CT molecular complexity index is 713. The van der Waals surface area contributed by atoms with Gasteiger partial charge in [0.1, 0.15) is 0 Å². The molecule has 1 amide bonds. The van der Waals surface area contributed by atoms with Gasteiger partial charge in [-0.1, -0.05) is 53.3 Å². The van der Waals surface area contributed by atoms with E-state index in [-0.39, 0.29) is 0 Å². The molecule has 0 fully saturated rings. The molecule has 0 unspecified atom stereocenters. The highest BCUT2D eigenvalue weighted by Gasteiger charge is 2.10. The first-order valence-electron chi connectivity index (χ1n) is 6.83. The molecule has 4 heteroatoms. The largest absolute Gasteiger partial charge is 0.872 e. The molecule has 0 saturated carbocycles. The Morgan fingerprint density at radius 1 is 0.909 bits per heavy atom. The van der Waals surface area contributed by atoms with Crippen LogP contribution >= 0.6 is 0 Å². The lowest BCUT2D eigenvalue weighted by Gasteiger charge is -2.12. The predicted octanol–water partition coefficient (Wildman–Crippen LogP) is 2.21. The van der Waals surface area contributed by atoms with E-state index in [0.717, 1.165) is 17.2 Å². The number of hydrogen-bond donors (Lipinski definition) is 1. The van der Waals surface area contributed by atoms with E-state index >= 15 is 0 Å². The summed E-state index contributed by atoms with van der Waals surface area (Å²) in [7, 11) is 0. The van der Waals surface area contributed by atoms with Crippen LogP contribution in [-0.4, -0.2) is 11.7 Å². The first-order chi connectivity index (χ1) is 10.5. The standard InChI is InChI=1S/C18H17NO3/c1-12-3-7-14(8-4-12)16(20)11-17(21)18(22)19-15-9-5-13(2)6-10-15/h3-11,20H,1-2H3,(H,19,22)/p-1/b16-11-. The average Bonchev–Trinajstić information content (AvgIpc) is 2.50. The first kappa shape index (κ1) is 15.5. The summed E-state index contributed by atoms with van der Waals surface area (Å²) >= 11 is 0. The van der Waals surface area contributed by atoms with Crippen molar-refractivity contribution < 1.29 is 14.7 Å². The van der Waals surface area contributed by atoms with E-state index in [2.05, 4.69) is 5.32 Å². The second-order valence-electron chi connectivity index (χ2n) is 5.06. The molecular formula is C18H16NO3-. The number of carbonyl (C=O) groups excluding carboxylic acids is 2. The molecular weight excluding hydrogens is 278 g/mol. The highest BCUT2D eigenvalue weighted by molar-refractivity contribution is 6.45. The van der Waals surface area contributed by atoms with Crippen LogP contribution in [0.15, 0.2) is 54.6 Å². The van der Waals surface area contributed by atoms with Gasteiger partial charge in [0.05, 0.1) is 0 Å². The van der Waals surface area contributed by atoms with Crippen LogP contribution in [0.2, 0.25) is 0 Å². The quantitative estimate of drug-likeness (QED) is 0.534. The van der Waals surface area contributed by atoms with Crippen LogP contribution in [0.4, 0.5) is 5.69 Å². The lowest BCUT2D eigenvalue weighted by Crippen LogP contribution is -2.22. The van der Waals surface area contributed by atoms with Crippen molar-refractivity contribution in [2.24, 2.45) is 0 Å². The Morgan fingerprint density at radius 3 is 1.95 bits per heavy atom. The van der Waals surface area contributed by atoms with Gasteiger partial charge in [-0.3, -0.25) is 9.59 Å². The third-order valence-electron chi connectivity index (χ3n) is 3.13. The van der Waals surface area contributed by atoms with Crippen molar-refractivity contribution >= 4 is 23.1 Å². The Morgan fingerprint density at radius 2 is 1.41 bits per heavy atom. The second kappa shape index (κ2) is 6.72. The number of carbonyl (C=O) groups is 2. The minimum Gasteiger partial charge on any atom is -0.872 e. The highest BCUT2D eigenvalue weighted by Crippen LogP contribution is 2.11. The van der Waals surface area contributed by atoms with Crippen molar-refractivity contribution in [3.8, 4) is 0 Å². The molecule has 2 rings (SSSR count). The molecule has 112 valence electrons. The molecule has 0 aliphatic carbocycles. The van der Waals surface area contributed by atoms with Gasteiger partial charge >= 0.3 is 0 Å². The fourth-order valence-corrected chi connectivity index (χ4v) is 1.82. The van der Waals surface area contributed by atoms with Crippen LogP contribution in [0.1, 0.15) is 16.7 Å². The second-order valence-corrected chi connectivity index (χ2v) is 5.06. The number of anilines is 1.